The van der Waals surface area contributed by atoms with Gasteiger partial charge in [-0.2, -0.15) is 13.2 Å². The van der Waals surface area contributed by atoms with E-state index in [0.717, 1.165) is 22.2 Å². The number of ether oxygens (including phenoxy) is 1. The number of hydrogen-bond acceptors (Lipinski definition) is 4. The van der Waals surface area contributed by atoms with E-state index in [9.17, 15) is 18.0 Å². The maximum Gasteiger partial charge on any atom is 0.411 e. The summed E-state index contributed by atoms with van der Waals surface area (Å²) in [6.45, 7) is 1.99. The van der Waals surface area contributed by atoms with Crippen LogP contribution in [0.15, 0.2) is 18.2 Å². The maximum atomic E-state index is 12.1. The zero-order chi connectivity index (χ0) is 16.8. The second kappa shape index (κ2) is 8.19. The van der Waals surface area contributed by atoms with Crippen molar-refractivity contribution in [2.24, 2.45) is 0 Å². The molecule has 0 saturated heterocycles. The van der Waals surface area contributed by atoms with Crippen LogP contribution in [0.4, 0.5) is 18.9 Å². The summed E-state index contributed by atoms with van der Waals surface area (Å²) in [7, 11) is 0. The summed E-state index contributed by atoms with van der Waals surface area (Å²) >= 11 is 1.16. The lowest BCUT2D eigenvalue weighted by molar-refractivity contribution is -0.176. The van der Waals surface area contributed by atoms with Gasteiger partial charge >= 0.3 is 6.18 Å². The molecule has 0 saturated carbocycles. The van der Waals surface area contributed by atoms with Crippen LogP contribution >= 0.6 is 11.8 Å². The van der Waals surface area contributed by atoms with Gasteiger partial charge < -0.3 is 4.74 Å². The molecule has 0 fully saturated rings. The largest absolute Gasteiger partial charge is 0.411 e. The topological polar surface area (TPSA) is 53.4 Å². The van der Waals surface area contributed by atoms with Crippen LogP contribution in [0.1, 0.15) is 18.1 Å². The van der Waals surface area contributed by atoms with Gasteiger partial charge in [0.15, 0.2) is 5.17 Å². The van der Waals surface area contributed by atoms with Crippen molar-refractivity contribution in [3.63, 3.8) is 0 Å². The summed E-state index contributed by atoms with van der Waals surface area (Å²) in [4.78, 5) is 12.4. The van der Waals surface area contributed by atoms with Crippen molar-refractivity contribution in [3.05, 3.63) is 29.3 Å². The molecule has 1 N–H and O–H groups in total. The molecule has 1 amide bonds. The van der Waals surface area contributed by atoms with Crippen LogP contribution < -0.4 is 4.90 Å². The summed E-state index contributed by atoms with van der Waals surface area (Å²) in [6, 6.07) is 4.96. The number of amides is 1. The number of aryl methyl sites for hydroxylation is 1. The normalized spacial score (nSPS) is 11.3. The number of benzene rings is 1. The Labute approximate surface area is 131 Å². The molecule has 22 heavy (non-hydrogen) atoms. The van der Waals surface area contributed by atoms with Crippen LogP contribution in [-0.4, -0.2) is 30.1 Å². The number of thioether (sulfide) groups is 1. The third kappa shape index (κ3) is 5.69. The summed E-state index contributed by atoms with van der Waals surface area (Å²) in [5, 5.41) is 7.88. The number of alkyl halides is 3. The van der Waals surface area contributed by atoms with Crippen molar-refractivity contribution in [3.8, 4) is 0 Å². The van der Waals surface area contributed by atoms with Gasteiger partial charge in [-0.15, -0.1) is 0 Å². The van der Waals surface area contributed by atoms with E-state index in [2.05, 4.69) is 4.74 Å². The molecule has 0 aromatic heterocycles. The Balaban J connectivity index is 2.98. The first-order valence-electron chi connectivity index (χ1n) is 6.48. The van der Waals surface area contributed by atoms with Crippen molar-refractivity contribution < 1.29 is 22.7 Å². The van der Waals surface area contributed by atoms with Gasteiger partial charge in [0.2, 0.25) is 6.41 Å². The number of carbonyl (C=O) groups excluding carboxylic acids is 1. The fourth-order valence-corrected chi connectivity index (χ4v) is 2.27. The smallest absolute Gasteiger partial charge is 0.367 e. The SMILES string of the molecule is CCSC(=N)N(C=O)c1cc(C)ccc1COCC(F)(F)F. The van der Waals surface area contributed by atoms with Gasteiger partial charge in [-0.1, -0.05) is 30.8 Å². The minimum atomic E-state index is -4.40. The fraction of sp³-hybridized carbons (Fsp3) is 0.429. The first kappa shape index (κ1) is 18.5. The molecule has 1 aromatic rings. The first-order chi connectivity index (χ1) is 10.3. The Morgan fingerprint density at radius 2 is 2.14 bits per heavy atom. The summed E-state index contributed by atoms with van der Waals surface area (Å²) in [5.41, 5.74) is 1.61. The molecule has 0 aliphatic rings. The van der Waals surface area contributed by atoms with Crippen molar-refractivity contribution in [2.75, 3.05) is 17.3 Å². The average molecular weight is 334 g/mol. The quantitative estimate of drug-likeness (QED) is 0.490. The number of halogens is 3. The van der Waals surface area contributed by atoms with Crippen LogP contribution in [0.5, 0.6) is 0 Å². The van der Waals surface area contributed by atoms with Crippen LogP contribution in [0, 0.1) is 12.3 Å². The molecule has 0 spiro atoms. The fourth-order valence-electron chi connectivity index (χ4n) is 1.72. The molecule has 0 atom stereocenters. The van der Waals surface area contributed by atoms with Gasteiger partial charge in [0.1, 0.15) is 6.61 Å². The molecule has 1 rings (SSSR count). The van der Waals surface area contributed by atoms with E-state index in [4.69, 9.17) is 5.41 Å². The van der Waals surface area contributed by atoms with E-state index in [1.165, 1.54) is 0 Å². The first-order valence-corrected chi connectivity index (χ1v) is 7.47. The molecule has 0 heterocycles. The van der Waals surface area contributed by atoms with Crippen LogP contribution in [0.2, 0.25) is 0 Å². The predicted molar refractivity (Wildman–Crippen MR) is 81.3 cm³/mol. The van der Waals surface area contributed by atoms with Gasteiger partial charge in [0.05, 0.1) is 12.3 Å². The minimum Gasteiger partial charge on any atom is -0.367 e. The highest BCUT2D eigenvalue weighted by Crippen LogP contribution is 2.25. The van der Waals surface area contributed by atoms with E-state index in [0.29, 0.717) is 23.4 Å². The van der Waals surface area contributed by atoms with E-state index in [-0.39, 0.29) is 11.8 Å². The van der Waals surface area contributed by atoms with E-state index < -0.39 is 12.8 Å². The van der Waals surface area contributed by atoms with Crippen molar-refractivity contribution in [1.29, 1.82) is 5.41 Å². The van der Waals surface area contributed by atoms with Crippen LogP contribution in [-0.2, 0) is 16.1 Å². The second-order valence-corrected chi connectivity index (χ2v) is 5.71. The maximum absolute atomic E-state index is 12.1. The number of anilines is 1. The standard InChI is InChI=1S/C14H17F3N2O2S/c1-3-22-13(18)19(9-20)12-6-10(2)4-5-11(12)7-21-8-14(15,16)17/h4-6,9,18H,3,7-8H2,1-2H3. The predicted octanol–water partition coefficient (Wildman–Crippen LogP) is 3.72. The Morgan fingerprint density at radius 3 is 2.68 bits per heavy atom. The Hall–Kier alpha value is -1.54. The molecule has 1 aromatic carbocycles. The molecule has 4 nitrogen and oxygen atoms in total. The Morgan fingerprint density at radius 1 is 1.45 bits per heavy atom. The third-order valence-corrected chi connectivity index (χ3v) is 3.39. The van der Waals surface area contributed by atoms with Gasteiger partial charge in [0, 0.05) is 5.56 Å². The highest BCUT2D eigenvalue weighted by Gasteiger charge is 2.27. The van der Waals surface area contributed by atoms with E-state index in [1.54, 1.807) is 25.1 Å². The van der Waals surface area contributed by atoms with Gasteiger partial charge in [-0.3, -0.25) is 15.1 Å². The molecular weight excluding hydrogens is 317 g/mol. The highest BCUT2D eigenvalue weighted by atomic mass is 32.2. The highest BCUT2D eigenvalue weighted by molar-refractivity contribution is 8.14. The van der Waals surface area contributed by atoms with Gasteiger partial charge in [-0.05, 0) is 24.3 Å². The number of hydrogen-bond donors (Lipinski definition) is 1. The summed E-state index contributed by atoms with van der Waals surface area (Å²) < 4.78 is 41.1. The van der Waals surface area contributed by atoms with Crippen molar-refractivity contribution in [1.82, 2.24) is 0 Å². The number of nitrogens with zero attached hydrogens (tertiary/aromatic N) is 1. The molecule has 0 aliphatic carbocycles. The summed E-state index contributed by atoms with van der Waals surface area (Å²) in [6.07, 6.45) is -3.92. The Bertz CT molecular complexity index is 535. The van der Waals surface area contributed by atoms with Crippen molar-refractivity contribution >= 4 is 29.0 Å². The van der Waals surface area contributed by atoms with Gasteiger partial charge in [-0.25, -0.2) is 0 Å². The molecule has 0 aliphatic heterocycles. The molecule has 122 valence electrons. The molecular formula is C14H17F3N2O2S. The van der Waals surface area contributed by atoms with Crippen LogP contribution in [0.3, 0.4) is 0 Å². The van der Waals surface area contributed by atoms with Gasteiger partial charge in [0.25, 0.3) is 0 Å². The molecule has 0 unspecified atom stereocenters. The Kier molecular flexibility index (Phi) is 6.89. The zero-order valence-corrected chi connectivity index (χ0v) is 13.1. The number of carbonyl (C=O) groups is 1. The zero-order valence-electron chi connectivity index (χ0n) is 12.2. The average Bonchev–Trinajstić information content (AvgIpc) is 2.41. The van der Waals surface area contributed by atoms with Crippen LogP contribution in [0.25, 0.3) is 0 Å². The van der Waals surface area contributed by atoms with E-state index >= 15 is 0 Å². The third-order valence-electron chi connectivity index (χ3n) is 2.63. The molecule has 0 bridgehead atoms. The molecule has 8 heteroatoms. The lowest BCUT2D eigenvalue weighted by Crippen LogP contribution is -2.27. The van der Waals surface area contributed by atoms with E-state index in [1.807, 2.05) is 6.92 Å². The minimum absolute atomic E-state index is 0.0140. The van der Waals surface area contributed by atoms with Crippen molar-refractivity contribution in [2.45, 2.75) is 26.6 Å². The number of nitrogens with one attached hydrogen (secondary N) is 1. The molecule has 0 radical (unpaired) electrons. The number of rotatable bonds is 6. The summed E-state index contributed by atoms with van der Waals surface area (Å²) in [5.74, 6) is 0.606. The lowest BCUT2D eigenvalue weighted by Gasteiger charge is -2.21. The number of amidine groups is 1. The second-order valence-electron chi connectivity index (χ2n) is 4.45. The monoisotopic (exact) mass is 334 g/mol. The lowest BCUT2D eigenvalue weighted by atomic mass is 10.1.